The molecule has 1 saturated heterocycles. The fourth-order valence-corrected chi connectivity index (χ4v) is 5.91. The number of halogens is 2. The number of carbonyl (C=O) groups is 3. The first-order valence-corrected chi connectivity index (χ1v) is 16.1. The molecule has 1 aromatic heterocycles. The summed E-state index contributed by atoms with van der Waals surface area (Å²) in [6.45, 7) is -0.556. The fraction of sp³-hybridized carbons (Fsp3) is 0.242. The lowest BCUT2D eigenvalue weighted by Crippen LogP contribution is -2.42. The molecule has 0 N–H and O–H groups in total. The number of esters is 3. The molecular weight excluding hydrogens is 669 g/mol. The van der Waals surface area contributed by atoms with Crippen LogP contribution in [0.1, 0.15) is 43.0 Å². The number of alkyl halides is 2. The maximum absolute atomic E-state index is 15.1. The van der Waals surface area contributed by atoms with Gasteiger partial charge in [0.1, 0.15) is 18.4 Å². The third-order valence-corrected chi connectivity index (χ3v) is 9.29. The van der Waals surface area contributed by atoms with Gasteiger partial charge in [-0.25, -0.2) is 19.2 Å². The predicted octanol–water partition coefficient (Wildman–Crippen LogP) is 4.98. The molecule has 2 heterocycles. The highest BCUT2D eigenvalue weighted by Crippen LogP contribution is 2.65. The minimum atomic E-state index is -5.09. The van der Waals surface area contributed by atoms with Crippen molar-refractivity contribution in [2.24, 2.45) is 0 Å². The van der Waals surface area contributed by atoms with Gasteiger partial charge < -0.3 is 28.0 Å². The molecule has 0 radical (unpaired) electrons. The maximum atomic E-state index is 15.1. The van der Waals surface area contributed by atoms with Crippen molar-refractivity contribution in [3.63, 3.8) is 0 Å². The van der Waals surface area contributed by atoms with Crippen LogP contribution in [0.25, 0.3) is 0 Å². The first-order chi connectivity index (χ1) is 23.5. The summed E-state index contributed by atoms with van der Waals surface area (Å²) in [4.78, 5) is 56.1. The van der Waals surface area contributed by atoms with Gasteiger partial charge >= 0.3 is 36.9 Å². The van der Waals surface area contributed by atoms with Gasteiger partial charge in [0.05, 0.1) is 16.7 Å². The van der Waals surface area contributed by atoms with Crippen LogP contribution in [0.4, 0.5) is 8.78 Å². The zero-order chi connectivity index (χ0) is 35.2. The van der Waals surface area contributed by atoms with Gasteiger partial charge in [0.2, 0.25) is 0 Å². The zero-order valence-corrected chi connectivity index (χ0v) is 26.8. The maximum Gasteiger partial charge on any atom is 0.405 e. The predicted molar refractivity (Wildman–Crippen MR) is 166 cm³/mol. The van der Waals surface area contributed by atoms with Crippen LogP contribution in [0.15, 0.2) is 108 Å². The van der Waals surface area contributed by atoms with Gasteiger partial charge in [0, 0.05) is 20.4 Å². The number of nitrogens with zero attached hydrogens (tertiary/aromatic N) is 2. The monoisotopic (exact) mass is 698 g/mol. The van der Waals surface area contributed by atoms with E-state index in [0.717, 1.165) is 25.0 Å². The minimum Gasteiger partial charge on any atom is -0.459 e. The molecule has 13 nitrogen and oxygen atoms in total. The van der Waals surface area contributed by atoms with Crippen molar-refractivity contribution in [3.05, 3.63) is 136 Å². The SMILES string of the molecule is COP(=O)(OC)C(F)(F)c1ccn([C@@H]2O[C@H](COC(=O)c3ccccc3)[C@@H](OC(=O)c3ccccc3)[C@H]2OC(=O)c2ccccc2)c(=O)n1. The molecule has 16 heteroatoms. The highest BCUT2D eigenvalue weighted by atomic mass is 31.2. The summed E-state index contributed by atoms with van der Waals surface area (Å²) in [5.74, 6) is -2.54. The molecule has 3 aromatic carbocycles. The molecule has 4 aromatic rings. The molecule has 5 rings (SSSR count). The summed E-state index contributed by atoms with van der Waals surface area (Å²) in [7, 11) is -3.59. The van der Waals surface area contributed by atoms with Crippen LogP contribution in [-0.2, 0) is 38.2 Å². The number of hydrogen-bond donors (Lipinski definition) is 0. The number of benzene rings is 3. The number of hydrogen-bond acceptors (Lipinski definition) is 12. The van der Waals surface area contributed by atoms with Gasteiger partial charge in [-0.15, -0.1) is 0 Å². The third-order valence-electron chi connectivity index (χ3n) is 7.42. The van der Waals surface area contributed by atoms with Gasteiger partial charge in [-0.05, 0) is 42.5 Å². The van der Waals surface area contributed by atoms with Crippen molar-refractivity contribution < 1.29 is 55.7 Å². The largest absolute Gasteiger partial charge is 0.459 e. The number of aromatic nitrogens is 2. The topological polar surface area (TPSA) is 159 Å². The Hall–Kier alpha value is -5.08. The zero-order valence-electron chi connectivity index (χ0n) is 25.9. The lowest BCUT2D eigenvalue weighted by atomic mass is 10.1. The molecule has 0 saturated carbocycles. The van der Waals surface area contributed by atoms with Crippen LogP contribution in [0, 0.1) is 0 Å². The summed E-state index contributed by atoms with van der Waals surface area (Å²) in [6.07, 6.45) is -5.29. The van der Waals surface area contributed by atoms with E-state index in [9.17, 15) is 23.7 Å². The molecule has 4 atom stereocenters. The van der Waals surface area contributed by atoms with E-state index in [1.165, 1.54) is 36.4 Å². The smallest absolute Gasteiger partial charge is 0.405 e. The molecule has 0 spiro atoms. The van der Waals surface area contributed by atoms with Crippen LogP contribution in [-0.4, -0.2) is 66.6 Å². The Morgan fingerprint density at radius 3 is 1.71 bits per heavy atom. The van der Waals surface area contributed by atoms with Gasteiger partial charge in [-0.2, -0.15) is 13.8 Å². The molecule has 0 amide bonds. The Kier molecular flexibility index (Phi) is 10.8. The number of ether oxygens (including phenoxy) is 4. The van der Waals surface area contributed by atoms with Gasteiger partial charge in [0.15, 0.2) is 18.4 Å². The Labute approximate surface area is 277 Å². The third kappa shape index (κ3) is 7.50. The summed E-state index contributed by atoms with van der Waals surface area (Å²) in [5.41, 5.74) is -6.53. The highest BCUT2D eigenvalue weighted by molar-refractivity contribution is 7.54. The Morgan fingerprint density at radius 1 is 0.776 bits per heavy atom. The Balaban J connectivity index is 1.54. The van der Waals surface area contributed by atoms with Crippen molar-refractivity contribution in [2.45, 2.75) is 30.2 Å². The van der Waals surface area contributed by atoms with E-state index in [4.69, 9.17) is 18.9 Å². The van der Waals surface area contributed by atoms with Gasteiger partial charge in [-0.1, -0.05) is 54.6 Å². The highest BCUT2D eigenvalue weighted by Gasteiger charge is 2.56. The summed E-state index contributed by atoms with van der Waals surface area (Å²) in [5, 5.41) is 0. The van der Waals surface area contributed by atoms with Crippen molar-refractivity contribution >= 4 is 25.5 Å². The normalized spacial score (nSPS) is 19.2. The van der Waals surface area contributed by atoms with Crippen LogP contribution in [0.2, 0.25) is 0 Å². The molecule has 0 aliphatic carbocycles. The first kappa shape index (κ1) is 35.2. The molecule has 256 valence electrons. The van der Waals surface area contributed by atoms with Crippen LogP contribution in [0.5, 0.6) is 0 Å². The second-order valence-corrected chi connectivity index (χ2v) is 12.7. The van der Waals surface area contributed by atoms with E-state index in [0.29, 0.717) is 6.07 Å². The van der Waals surface area contributed by atoms with Crippen molar-refractivity contribution in [1.82, 2.24) is 9.55 Å². The van der Waals surface area contributed by atoms with E-state index >= 15 is 8.78 Å². The standard InChI is InChI=1S/C33H29F2N2O11P/c1-43-49(42,44-2)33(34,35)25-18-19-37(32(41)36-25)28-27(48-31(40)23-16-10-5-11-17-23)26(47-30(39)22-14-8-4-9-15-22)24(46-28)20-45-29(38)21-12-6-3-7-13-21/h3-19,24,26-28H,20H2,1-2H3/t24-,26-,27-,28-/m1/s1. The summed E-state index contributed by atoms with van der Waals surface area (Å²) >= 11 is 0. The van der Waals surface area contributed by atoms with Crippen molar-refractivity contribution in [1.29, 1.82) is 0 Å². The fourth-order valence-electron chi connectivity index (χ4n) is 4.90. The van der Waals surface area contributed by atoms with E-state index < -0.39 is 73.7 Å². The molecular formula is C33H29F2N2O11P. The Bertz CT molecular complexity index is 1890. The first-order valence-electron chi connectivity index (χ1n) is 14.6. The summed E-state index contributed by atoms with van der Waals surface area (Å²) < 4.78 is 75.5. The van der Waals surface area contributed by atoms with Gasteiger partial charge in [0.25, 0.3) is 0 Å². The van der Waals surface area contributed by atoms with E-state index in [2.05, 4.69) is 14.0 Å². The molecule has 1 aliphatic rings. The van der Waals surface area contributed by atoms with Crippen LogP contribution < -0.4 is 5.69 Å². The van der Waals surface area contributed by atoms with Crippen LogP contribution >= 0.6 is 7.60 Å². The summed E-state index contributed by atoms with van der Waals surface area (Å²) in [6, 6.07) is 24.1. The Morgan fingerprint density at radius 2 is 1.24 bits per heavy atom. The number of rotatable bonds is 12. The minimum absolute atomic E-state index is 0.0867. The lowest BCUT2D eigenvalue weighted by Gasteiger charge is -2.26. The van der Waals surface area contributed by atoms with E-state index in [1.807, 2.05) is 0 Å². The molecule has 49 heavy (non-hydrogen) atoms. The van der Waals surface area contributed by atoms with E-state index in [-0.39, 0.29) is 16.7 Å². The van der Waals surface area contributed by atoms with Crippen LogP contribution in [0.3, 0.4) is 0 Å². The van der Waals surface area contributed by atoms with Crippen molar-refractivity contribution in [2.75, 3.05) is 20.8 Å². The second kappa shape index (κ2) is 15.0. The number of carbonyl (C=O) groups excluding carboxylic acids is 3. The van der Waals surface area contributed by atoms with E-state index in [1.54, 1.807) is 54.6 Å². The second-order valence-electron chi connectivity index (χ2n) is 10.4. The molecule has 1 aliphatic heterocycles. The molecule has 0 unspecified atom stereocenters. The quantitative estimate of drug-likeness (QED) is 0.111. The lowest BCUT2D eigenvalue weighted by molar-refractivity contribution is -0.0642. The average molecular weight is 699 g/mol. The molecule has 0 bridgehead atoms. The van der Waals surface area contributed by atoms with Gasteiger partial charge in [-0.3, -0.25) is 9.13 Å². The molecule has 1 fully saturated rings. The van der Waals surface area contributed by atoms with Crippen molar-refractivity contribution in [3.8, 4) is 0 Å². The average Bonchev–Trinajstić information content (AvgIpc) is 3.46.